The monoisotopic (exact) mass is 1180 g/mol. The summed E-state index contributed by atoms with van der Waals surface area (Å²) in [4.78, 5) is 24.6. The standard InChI is InChI=1S/C78H147NO5/c1-3-5-7-9-11-13-15-17-19-20-40-43-46-50-54-58-62-66-70-76(81)75(74-80)79-77(82)71-67-63-59-55-51-47-44-41-38-36-34-32-30-28-26-24-22-21-23-25-27-29-31-33-35-37-39-42-45-49-53-57-61-65-69-73-84-78(83)72-68-64-60-56-52-48-18-16-14-12-10-8-6-4-2/h16,18,23,25,29,31,66,70,75-76,80-81H,3-15,17,19-22,24,26-28,30,32-65,67-69,71-74H2,1-2H3,(H,79,82)/b18-16-,25-23-,31-29-,70-66+. The molecule has 0 bridgehead atoms. The van der Waals surface area contributed by atoms with Crippen molar-refractivity contribution in [3.63, 3.8) is 0 Å². The summed E-state index contributed by atoms with van der Waals surface area (Å²) in [7, 11) is 0. The van der Waals surface area contributed by atoms with Crippen molar-refractivity contribution < 1.29 is 24.5 Å². The summed E-state index contributed by atoms with van der Waals surface area (Å²) in [5, 5.41) is 23.2. The van der Waals surface area contributed by atoms with Gasteiger partial charge in [-0.2, -0.15) is 0 Å². The van der Waals surface area contributed by atoms with Crippen molar-refractivity contribution in [3.8, 4) is 0 Å². The largest absolute Gasteiger partial charge is 0.466 e. The van der Waals surface area contributed by atoms with E-state index in [9.17, 15) is 19.8 Å². The number of hydrogen-bond acceptors (Lipinski definition) is 5. The van der Waals surface area contributed by atoms with E-state index in [1.54, 1.807) is 6.08 Å². The number of amides is 1. The van der Waals surface area contributed by atoms with E-state index in [1.165, 1.54) is 334 Å². The molecule has 0 saturated heterocycles. The molecule has 0 aromatic heterocycles. The molecule has 2 unspecified atom stereocenters. The number of esters is 1. The Morgan fingerprint density at radius 1 is 0.333 bits per heavy atom. The highest BCUT2D eigenvalue weighted by molar-refractivity contribution is 5.76. The molecule has 0 aliphatic heterocycles. The molecule has 0 aromatic rings. The SMILES string of the molecule is CCCCCCC/C=C\CCCCCCCC(=O)OCCCCCCCCCCCCC/C=C\C/C=C\CCCCCCCCCCCCCCCCCCCC(=O)NC(CO)C(O)/C=C/CCCCCCCCCCCCCCCCCC. The molecule has 1 amide bonds. The van der Waals surface area contributed by atoms with E-state index in [4.69, 9.17) is 4.74 Å². The van der Waals surface area contributed by atoms with E-state index in [0.717, 1.165) is 51.4 Å². The topological polar surface area (TPSA) is 95.9 Å². The average molecular weight is 1180 g/mol. The summed E-state index contributed by atoms with van der Waals surface area (Å²) in [5.41, 5.74) is 0. The molecular weight excluding hydrogens is 1030 g/mol. The second-order valence-corrected chi connectivity index (χ2v) is 26.0. The Morgan fingerprint density at radius 2 is 0.595 bits per heavy atom. The highest BCUT2D eigenvalue weighted by atomic mass is 16.5. The van der Waals surface area contributed by atoms with Gasteiger partial charge in [0.05, 0.1) is 25.4 Å². The number of carbonyl (C=O) groups is 2. The molecule has 0 spiro atoms. The zero-order valence-corrected chi connectivity index (χ0v) is 56.6. The van der Waals surface area contributed by atoms with Gasteiger partial charge in [-0.1, -0.05) is 358 Å². The molecule has 0 fully saturated rings. The fourth-order valence-electron chi connectivity index (χ4n) is 11.8. The lowest BCUT2D eigenvalue weighted by molar-refractivity contribution is -0.143. The lowest BCUT2D eigenvalue weighted by Crippen LogP contribution is -2.45. The van der Waals surface area contributed by atoms with Crippen LogP contribution in [-0.2, 0) is 14.3 Å². The Morgan fingerprint density at radius 3 is 0.917 bits per heavy atom. The molecule has 3 N–H and O–H groups in total. The van der Waals surface area contributed by atoms with E-state index < -0.39 is 12.1 Å². The molecule has 0 rings (SSSR count). The Kier molecular flexibility index (Phi) is 71.4. The first-order chi connectivity index (χ1) is 41.5. The number of aliphatic hydroxyl groups is 2. The summed E-state index contributed by atoms with van der Waals surface area (Å²) < 4.78 is 5.49. The summed E-state index contributed by atoms with van der Waals surface area (Å²) >= 11 is 0. The zero-order valence-electron chi connectivity index (χ0n) is 56.6. The van der Waals surface area contributed by atoms with Gasteiger partial charge in [0, 0.05) is 12.8 Å². The molecule has 494 valence electrons. The number of carbonyl (C=O) groups excluding carboxylic acids is 2. The van der Waals surface area contributed by atoms with Crippen molar-refractivity contribution in [1.82, 2.24) is 5.32 Å². The number of hydrogen-bond donors (Lipinski definition) is 3. The first kappa shape index (κ1) is 81.8. The van der Waals surface area contributed by atoms with Crippen molar-refractivity contribution in [3.05, 3.63) is 48.6 Å². The molecule has 0 heterocycles. The molecule has 0 aromatic carbocycles. The maximum Gasteiger partial charge on any atom is 0.305 e. The lowest BCUT2D eigenvalue weighted by Gasteiger charge is -2.20. The van der Waals surface area contributed by atoms with E-state index in [2.05, 4.69) is 55.6 Å². The van der Waals surface area contributed by atoms with Crippen LogP contribution in [0.25, 0.3) is 0 Å². The van der Waals surface area contributed by atoms with Gasteiger partial charge in [-0.25, -0.2) is 0 Å². The normalized spacial score (nSPS) is 12.8. The number of nitrogens with one attached hydrogen (secondary N) is 1. The Balaban J connectivity index is 3.39. The number of allylic oxidation sites excluding steroid dienone is 7. The van der Waals surface area contributed by atoms with Crippen molar-refractivity contribution in [2.24, 2.45) is 0 Å². The van der Waals surface area contributed by atoms with Gasteiger partial charge in [0.1, 0.15) is 0 Å². The third kappa shape index (κ3) is 68.9. The summed E-state index contributed by atoms with van der Waals surface area (Å²) in [5.74, 6) is -0.0543. The van der Waals surface area contributed by atoms with Gasteiger partial charge in [-0.3, -0.25) is 9.59 Å². The fraction of sp³-hybridized carbons (Fsp3) is 0.872. The Labute approximate surface area is 525 Å². The predicted molar refractivity (Wildman–Crippen MR) is 370 cm³/mol. The fourth-order valence-corrected chi connectivity index (χ4v) is 11.8. The van der Waals surface area contributed by atoms with Crippen molar-refractivity contribution in [2.75, 3.05) is 13.2 Å². The second kappa shape index (κ2) is 73.3. The van der Waals surface area contributed by atoms with Gasteiger partial charge in [0.15, 0.2) is 0 Å². The average Bonchev–Trinajstić information content (AvgIpc) is 3.51. The van der Waals surface area contributed by atoms with Gasteiger partial charge in [0.25, 0.3) is 0 Å². The van der Waals surface area contributed by atoms with Crippen LogP contribution in [0.5, 0.6) is 0 Å². The minimum Gasteiger partial charge on any atom is -0.466 e. The zero-order chi connectivity index (χ0) is 60.6. The first-order valence-electron chi connectivity index (χ1n) is 37.9. The third-order valence-electron chi connectivity index (χ3n) is 17.6. The van der Waals surface area contributed by atoms with Crippen LogP contribution in [0, 0.1) is 0 Å². The second-order valence-electron chi connectivity index (χ2n) is 26.0. The molecule has 84 heavy (non-hydrogen) atoms. The maximum absolute atomic E-state index is 12.5. The van der Waals surface area contributed by atoms with Crippen LogP contribution < -0.4 is 5.32 Å². The van der Waals surface area contributed by atoms with Crippen LogP contribution in [0.2, 0.25) is 0 Å². The van der Waals surface area contributed by atoms with E-state index in [0.29, 0.717) is 19.4 Å². The molecule has 0 aliphatic carbocycles. The van der Waals surface area contributed by atoms with Gasteiger partial charge < -0.3 is 20.3 Å². The highest BCUT2D eigenvalue weighted by Crippen LogP contribution is 2.19. The van der Waals surface area contributed by atoms with Crippen LogP contribution in [0.4, 0.5) is 0 Å². The highest BCUT2D eigenvalue weighted by Gasteiger charge is 2.18. The number of unbranched alkanes of at least 4 members (excludes halogenated alkanes) is 54. The van der Waals surface area contributed by atoms with Crippen LogP contribution >= 0.6 is 0 Å². The lowest BCUT2D eigenvalue weighted by atomic mass is 10.0. The smallest absolute Gasteiger partial charge is 0.305 e. The number of rotatable bonds is 71. The van der Waals surface area contributed by atoms with Gasteiger partial charge in [0.2, 0.25) is 5.91 Å². The van der Waals surface area contributed by atoms with Crippen molar-refractivity contribution in [2.45, 2.75) is 424 Å². The maximum atomic E-state index is 12.5. The van der Waals surface area contributed by atoms with E-state index in [1.807, 2.05) is 6.08 Å². The Bertz CT molecular complexity index is 1400. The summed E-state index contributed by atoms with van der Waals surface area (Å²) in [6.07, 6.45) is 96.5. The molecule has 0 saturated carbocycles. The quantitative estimate of drug-likeness (QED) is 0.0320. The minimum absolute atomic E-state index is 0.00824. The van der Waals surface area contributed by atoms with Crippen molar-refractivity contribution >= 4 is 11.9 Å². The van der Waals surface area contributed by atoms with Crippen LogP contribution in [-0.4, -0.2) is 47.4 Å². The van der Waals surface area contributed by atoms with E-state index in [-0.39, 0.29) is 18.5 Å². The van der Waals surface area contributed by atoms with Crippen molar-refractivity contribution in [1.29, 1.82) is 0 Å². The van der Waals surface area contributed by atoms with Gasteiger partial charge in [-0.05, 0) is 89.9 Å². The van der Waals surface area contributed by atoms with E-state index >= 15 is 0 Å². The molecular formula is C78H147NO5. The minimum atomic E-state index is -0.844. The summed E-state index contributed by atoms with van der Waals surface area (Å²) in [6.45, 7) is 4.92. The molecule has 0 radical (unpaired) electrons. The van der Waals surface area contributed by atoms with Gasteiger partial charge >= 0.3 is 5.97 Å². The third-order valence-corrected chi connectivity index (χ3v) is 17.6. The van der Waals surface area contributed by atoms with Crippen LogP contribution in [0.15, 0.2) is 48.6 Å². The first-order valence-corrected chi connectivity index (χ1v) is 37.9. The summed E-state index contributed by atoms with van der Waals surface area (Å²) in [6, 6.07) is -0.627. The molecule has 0 aliphatic rings. The predicted octanol–water partition coefficient (Wildman–Crippen LogP) is 24.8. The Hall–Kier alpha value is -2.18. The number of ether oxygens (including phenoxy) is 1. The number of aliphatic hydroxyl groups excluding tert-OH is 2. The van der Waals surface area contributed by atoms with Gasteiger partial charge in [-0.15, -0.1) is 0 Å². The molecule has 2 atom stereocenters. The van der Waals surface area contributed by atoms with Crippen LogP contribution in [0.3, 0.4) is 0 Å². The molecule has 6 heteroatoms. The molecule has 6 nitrogen and oxygen atoms in total. The van der Waals surface area contributed by atoms with Crippen LogP contribution in [0.1, 0.15) is 412 Å².